The maximum Gasteiger partial charge on any atom is 0.471 e. The van der Waals surface area contributed by atoms with Crippen molar-refractivity contribution >= 4 is 31.7 Å². The number of nitrogens with one attached hydrogen (secondary N) is 3. The molecule has 9 nitrogen and oxygen atoms in total. The summed E-state index contributed by atoms with van der Waals surface area (Å²) in [6.07, 6.45) is 0.687. The molecule has 39 heavy (non-hydrogen) atoms. The van der Waals surface area contributed by atoms with Crippen LogP contribution in [0.25, 0.3) is 0 Å². The fraction of sp³-hybridized carbons (Fsp3) is 0.808. The third kappa shape index (κ3) is 6.42. The molecule has 2 spiro atoms. The quantitative estimate of drug-likeness (QED) is 0.423. The van der Waals surface area contributed by atoms with Crippen molar-refractivity contribution in [2.24, 2.45) is 11.3 Å². The van der Waals surface area contributed by atoms with Gasteiger partial charge in [0, 0.05) is 17.6 Å². The van der Waals surface area contributed by atoms with E-state index in [9.17, 15) is 37.6 Å². The number of nitrogens with zero attached hydrogens (tertiary/aromatic N) is 2. The Hall–Kier alpha value is -2.62. The van der Waals surface area contributed by atoms with E-state index in [2.05, 4.69) is 16.7 Å². The number of rotatable bonds is 6. The molecule has 0 aromatic rings. The molecule has 1 aliphatic carbocycles. The predicted molar refractivity (Wildman–Crippen MR) is 137 cm³/mol. The first-order valence-electron chi connectivity index (χ1n) is 13.8. The predicted octanol–water partition coefficient (Wildman–Crippen LogP) is 2.53. The molecule has 1 saturated carbocycles. The van der Waals surface area contributed by atoms with Crippen molar-refractivity contribution < 1.29 is 32.3 Å². The zero-order valence-electron chi connectivity index (χ0n) is 22.7. The molecule has 4 aliphatic rings. The highest BCUT2D eigenvalue weighted by molar-refractivity contribution is 6.82. The van der Waals surface area contributed by atoms with E-state index in [-0.39, 0.29) is 17.9 Å². The van der Waals surface area contributed by atoms with Gasteiger partial charge in [-0.2, -0.15) is 18.4 Å². The van der Waals surface area contributed by atoms with Crippen LogP contribution in [0.15, 0.2) is 0 Å². The number of carbonyl (C=O) groups is 4. The van der Waals surface area contributed by atoms with Crippen molar-refractivity contribution in [3.63, 3.8) is 0 Å². The van der Waals surface area contributed by atoms with Gasteiger partial charge in [-0.15, -0.1) is 0 Å². The average molecular weight is 570 g/mol. The molecule has 3 heterocycles. The summed E-state index contributed by atoms with van der Waals surface area (Å²) in [5.74, 6) is -3.97. The van der Waals surface area contributed by atoms with Gasteiger partial charge in [0.15, 0.2) is 0 Å². The van der Waals surface area contributed by atoms with E-state index in [1.807, 2.05) is 5.32 Å². The zero-order valence-corrected chi connectivity index (χ0v) is 23.7. The molecule has 0 aromatic heterocycles. The van der Waals surface area contributed by atoms with Crippen LogP contribution in [-0.2, 0) is 19.2 Å². The monoisotopic (exact) mass is 569 g/mol. The van der Waals surface area contributed by atoms with Gasteiger partial charge in [-0.05, 0) is 43.6 Å². The second-order valence-corrected chi connectivity index (χ2v) is 17.8. The minimum atomic E-state index is -5.16. The Labute approximate surface area is 227 Å². The Morgan fingerprint density at radius 1 is 1.15 bits per heavy atom. The summed E-state index contributed by atoms with van der Waals surface area (Å²) in [4.78, 5) is 53.1. The van der Waals surface area contributed by atoms with Crippen LogP contribution in [0.2, 0.25) is 18.1 Å². The molecule has 0 bridgehead atoms. The molecule has 4 rings (SSSR count). The number of hydrogen-bond donors (Lipinski definition) is 3. The minimum absolute atomic E-state index is 0.0883. The zero-order chi connectivity index (χ0) is 28.8. The summed E-state index contributed by atoms with van der Waals surface area (Å²) in [6.45, 7) is 4.69. The van der Waals surface area contributed by atoms with Crippen molar-refractivity contribution in [1.82, 2.24) is 20.9 Å². The van der Waals surface area contributed by atoms with Gasteiger partial charge in [-0.3, -0.25) is 19.2 Å². The second-order valence-electron chi connectivity index (χ2n) is 13.1. The van der Waals surface area contributed by atoms with Crippen LogP contribution in [0.1, 0.15) is 65.7 Å². The lowest BCUT2D eigenvalue weighted by Crippen LogP contribution is -2.60. The molecule has 0 unspecified atom stereocenters. The smallest absolute Gasteiger partial charge is 0.350 e. The number of halogens is 3. The maximum atomic E-state index is 13.8. The molecule has 3 saturated heterocycles. The first-order chi connectivity index (χ1) is 18.1. The number of carbonyl (C=O) groups excluding carboxylic acids is 4. The standard InChI is InChI=1S/C26H38F3N5O4Si/c1-24(2,3)19(32-23(38)26(27,28)29)22(37)34-15-39(10-4-5-11-39)14-18(34)21(36)31-17(13-30)12-16-6-7-25(8-9-25)33-20(16)35/h16-19H,4-12,14-15H2,1-3H3,(H,31,36)(H,32,38)(H,33,35)/t16-,17-,18-,19+/m0/s1. The van der Waals surface area contributed by atoms with E-state index in [4.69, 9.17) is 0 Å². The Morgan fingerprint density at radius 3 is 2.31 bits per heavy atom. The summed E-state index contributed by atoms with van der Waals surface area (Å²) in [7, 11) is -2.06. The Balaban J connectivity index is 1.50. The lowest BCUT2D eigenvalue weighted by molar-refractivity contribution is -0.176. The summed E-state index contributed by atoms with van der Waals surface area (Å²) in [5, 5.41) is 17.4. The van der Waals surface area contributed by atoms with Crippen molar-refractivity contribution in [2.75, 3.05) is 6.17 Å². The lowest BCUT2D eigenvalue weighted by atomic mass is 9.85. The normalized spacial score (nSPS) is 27.0. The van der Waals surface area contributed by atoms with Crippen LogP contribution in [0.4, 0.5) is 13.2 Å². The molecule has 216 valence electrons. The molecule has 3 N–H and O–H groups in total. The third-order valence-corrected chi connectivity index (χ3v) is 14.1. The summed E-state index contributed by atoms with van der Waals surface area (Å²) >= 11 is 0. The van der Waals surface area contributed by atoms with Crippen LogP contribution < -0.4 is 16.0 Å². The first kappa shape index (κ1) is 29.4. The van der Waals surface area contributed by atoms with Crippen molar-refractivity contribution in [3.8, 4) is 6.07 Å². The molecular formula is C26H38F3N5O4Si. The van der Waals surface area contributed by atoms with Crippen molar-refractivity contribution in [2.45, 2.75) is 114 Å². The molecule has 4 amide bonds. The SMILES string of the molecule is CC(C)(C)[C@H](NC(=O)C(F)(F)F)C(=O)N1C[Si]2(CCCC2)C[C@H]1C(=O)N[C@H](C#N)C[C@@H]1CCC2(CC2)NC1=O. The fourth-order valence-electron chi connectivity index (χ4n) is 6.49. The molecule has 4 atom stereocenters. The maximum absolute atomic E-state index is 13.8. The van der Waals surface area contributed by atoms with E-state index in [0.29, 0.717) is 18.6 Å². The van der Waals surface area contributed by atoms with E-state index in [1.54, 1.807) is 20.8 Å². The Kier molecular flexibility index (Phi) is 7.84. The highest BCUT2D eigenvalue weighted by Crippen LogP contribution is 2.44. The molecule has 13 heteroatoms. The molecular weight excluding hydrogens is 531 g/mol. The number of piperidine rings is 1. The largest absolute Gasteiger partial charge is 0.471 e. The van der Waals surface area contributed by atoms with Gasteiger partial charge in [0.1, 0.15) is 18.1 Å². The molecule has 4 fully saturated rings. The van der Waals surface area contributed by atoms with Crippen LogP contribution in [0.5, 0.6) is 0 Å². The summed E-state index contributed by atoms with van der Waals surface area (Å²) in [6, 6.07) is 1.02. The van der Waals surface area contributed by atoms with E-state index in [1.165, 1.54) is 4.90 Å². The van der Waals surface area contributed by atoms with Gasteiger partial charge in [0.2, 0.25) is 17.7 Å². The van der Waals surface area contributed by atoms with Gasteiger partial charge < -0.3 is 20.9 Å². The van der Waals surface area contributed by atoms with Crippen molar-refractivity contribution in [3.05, 3.63) is 0 Å². The molecule has 0 radical (unpaired) electrons. The highest BCUT2D eigenvalue weighted by Gasteiger charge is 2.54. The molecule has 0 aromatic carbocycles. The lowest BCUT2D eigenvalue weighted by Gasteiger charge is -2.36. The number of amides is 4. The van der Waals surface area contributed by atoms with Gasteiger partial charge in [-0.1, -0.05) is 45.7 Å². The highest BCUT2D eigenvalue weighted by atomic mass is 28.3. The summed E-state index contributed by atoms with van der Waals surface area (Å²) < 4.78 is 39.2. The van der Waals surface area contributed by atoms with Crippen molar-refractivity contribution in [1.29, 1.82) is 5.26 Å². The van der Waals surface area contributed by atoms with E-state index < -0.39 is 61.4 Å². The number of alkyl halides is 3. The second kappa shape index (κ2) is 10.4. The van der Waals surface area contributed by atoms with Gasteiger partial charge in [0.25, 0.3) is 0 Å². The molecule has 3 aliphatic heterocycles. The fourth-order valence-corrected chi connectivity index (χ4v) is 11.9. The topological polar surface area (TPSA) is 131 Å². The van der Waals surface area contributed by atoms with Crippen LogP contribution in [-0.4, -0.2) is 72.6 Å². The average Bonchev–Trinajstić information content (AvgIpc) is 3.25. The Bertz CT molecular complexity index is 1060. The van der Waals surface area contributed by atoms with Crippen LogP contribution in [0.3, 0.4) is 0 Å². The van der Waals surface area contributed by atoms with Crippen LogP contribution >= 0.6 is 0 Å². The number of nitriles is 1. The third-order valence-electron chi connectivity index (χ3n) is 8.98. The Morgan fingerprint density at radius 2 is 1.79 bits per heavy atom. The summed E-state index contributed by atoms with van der Waals surface area (Å²) in [5.41, 5.74) is -1.14. The minimum Gasteiger partial charge on any atom is -0.350 e. The van der Waals surface area contributed by atoms with Crippen LogP contribution in [0, 0.1) is 22.7 Å². The van der Waals surface area contributed by atoms with E-state index >= 15 is 0 Å². The van der Waals surface area contributed by atoms with E-state index in [0.717, 1.165) is 44.2 Å². The van der Waals surface area contributed by atoms with Gasteiger partial charge >= 0.3 is 12.1 Å². The first-order valence-corrected chi connectivity index (χ1v) is 16.6. The van der Waals surface area contributed by atoms with Gasteiger partial charge in [-0.25, -0.2) is 0 Å². The van der Waals surface area contributed by atoms with Gasteiger partial charge in [0.05, 0.1) is 14.1 Å². The number of hydrogen-bond acceptors (Lipinski definition) is 5.